The highest BCUT2D eigenvalue weighted by molar-refractivity contribution is 4.83. The predicted octanol–water partition coefficient (Wildman–Crippen LogP) is 3.03. The van der Waals surface area contributed by atoms with Crippen LogP contribution in [0.15, 0.2) is 0 Å². The van der Waals surface area contributed by atoms with Crippen LogP contribution in [-0.4, -0.2) is 36.6 Å². The predicted molar refractivity (Wildman–Crippen MR) is 71.9 cm³/mol. The number of hydrogen-bond donors (Lipinski definition) is 1. The summed E-state index contributed by atoms with van der Waals surface area (Å²) in [7, 11) is 0. The Balaban J connectivity index is 2.34. The SMILES string of the molecule is CCCCCC(C)N(CCC)C1CCNC1. The van der Waals surface area contributed by atoms with Gasteiger partial charge in [0.25, 0.3) is 0 Å². The summed E-state index contributed by atoms with van der Waals surface area (Å²) in [5.74, 6) is 0. The molecule has 16 heavy (non-hydrogen) atoms. The van der Waals surface area contributed by atoms with Gasteiger partial charge in [-0.3, -0.25) is 4.90 Å². The summed E-state index contributed by atoms with van der Waals surface area (Å²) in [4.78, 5) is 2.75. The normalized spacial score (nSPS) is 22.9. The van der Waals surface area contributed by atoms with Crippen molar-refractivity contribution >= 4 is 0 Å². The molecule has 0 bridgehead atoms. The minimum absolute atomic E-state index is 0.774. The molecule has 0 spiro atoms. The lowest BCUT2D eigenvalue weighted by Gasteiger charge is -2.34. The van der Waals surface area contributed by atoms with Crippen LogP contribution in [0.5, 0.6) is 0 Å². The summed E-state index contributed by atoms with van der Waals surface area (Å²) < 4.78 is 0. The van der Waals surface area contributed by atoms with Crippen molar-refractivity contribution in [2.75, 3.05) is 19.6 Å². The Kier molecular flexibility index (Phi) is 7.06. The van der Waals surface area contributed by atoms with E-state index >= 15 is 0 Å². The number of unbranched alkanes of at least 4 members (excludes halogenated alkanes) is 2. The zero-order chi connectivity index (χ0) is 11.8. The number of rotatable bonds is 8. The molecular weight excluding hydrogens is 196 g/mol. The molecule has 96 valence electrons. The Hall–Kier alpha value is -0.0800. The van der Waals surface area contributed by atoms with Gasteiger partial charge in [-0.05, 0) is 39.3 Å². The Bertz CT molecular complexity index is 164. The molecule has 0 radical (unpaired) electrons. The van der Waals surface area contributed by atoms with E-state index in [4.69, 9.17) is 0 Å². The van der Waals surface area contributed by atoms with Crippen molar-refractivity contribution in [1.29, 1.82) is 0 Å². The van der Waals surface area contributed by atoms with E-state index in [1.54, 1.807) is 0 Å². The van der Waals surface area contributed by atoms with E-state index in [9.17, 15) is 0 Å². The first-order chi connectivity index (χ1) is 7.79. The fourth-order valence-corrected chi connectivity index (χ4v) is 2.80. The van der Waals surface area contributed by atoms with Gasteiger partial charge in [-0.1, -0.05) is 33.1 Å². The van der Waals surface area contributed by atoms with Gasteiger partial charge >= 0.3 is 0 Å². The molecule has 2 atom stereocenters. The molecule has 1 rings (SSSR count). The van der Waals surface area contributed by atoms with Gasteiger partial charge in [-0.25, -0.2) is 0 Å². The van der Waals surface area contributed by atoms with Crippen molar-refractivity contribution in [3.8, 4) is 0 Å². The lowest BCUT2D eigenvalue weighted by molar-refractivity contribution is 0.144. The summed E-state index contributed by atoms with van der Waals surface area (Å²) in [5.41, 5.74) is 0. The van der Waals surface area contributed by atoms with Crippen LogP contribution in [-0.2, 0) is 0 Å². The first-order valence-corrected chi connectivity index (χ1v) is 7.26. The minimum atomic E-state index is 0.774. The van der Waals surface area contributed by atoms with Crippen LogP contribution in [0.25, 0.3) is 0 Å². The molecule has 1 N–H and O–H groups in total. The molecule has 0 aromatic rings. The largest absolute Gasteiger partial charge is 0.315 e. The second kappa shape index (κ2) is 8.08. The number of nitrogens with one attached hydrogen (secondary N) is 1. The van der Waals surface area contributed by atoms with Crippen LogP contribution in [0.2, 0.25) is 0 Å². The van der Waals surface area contributed by atoms with Crippen molar-refractivity contribution in [2.45, 2.75) is 71.4 Å². The van der Waals surface area contributed by atoms with Gasteiger partial charge in [0.15, 0.2) is 0 Å². The first-order valence-electron chi connectivity index (χ1n) is 7.26. The monoisotopic (exact) mass is 226 g/mol. The van der Waals surface area contributed by atoms with Crippen LogP contribution >= 0.6 is 0 Å². The highest BCUT2D eigenvalue weighted by Gasteiger charge is 2.24. The molecule has 2 heteroatoms. The van der Waals surface area contributed by atoms with E-state index in [2.05, 4.69) is 31.0 Å². The molecule has 0 amide bonds. The highest BCUT2D eigenvalue weighted by atomic mass is 15.2. The average molecular weight is 226 g/mol. The maximum atomic E-state index is 3.49. The highest BCUT2D eigenvalue weighted by Crippen LogP contribution is 2.17. The standard InChI is InChI=1S/C14H30N2/c1-4-6-7-8-13(3)16(11-5-2)14-9-10-15-12-14/h13-15H,4-12H2,1-3H3. The third kappa shape index (κ3) is 4.42. The van der Waals surface area contributed by atoms with Crippen LogP contribution in [0.4, 0.5) is 0 Å². The molecule has 1 saturated heterocycles. The van der Waals surface area contributed by atoms with Gasteiger partial charge in [-0.2, -0.15) is 0 Å². The zero-order valence-corrected chi connectivity index (χ0v) is 11.5. The Morgan fingerprint density at radius 2 is 2.06 bits per heavy atom. The fourth-order valence-electron chi connectivity index (χ4n) is 2.80. The molecule has 0 aliphatic carbocycles. The summed E-state index contributed by atoms with van der Waals surface area (Å²) in [6, 6.07) is 1.58. The smallest absolute Gasteiger partial charge is 0.0235 e. The van der Waals surface area contributed by atoms with E-state index in [-0.39, 0.29) is 0 Å². The second-order valence-electron chi connectivity index (χ2n) is 5.23. The number of nitrogens with zero attached hydrogens (tertiary/aromatic N) is 1. The van der Waals surface area contributed by atoms with Gasteiger partial charge in [-0.15, -0.1) is 0 Å². The Morgan fingerprint density at radius 1 is 1.25 bits per heavy atom. The van der Waals surface area contributed by atoms with Crippen molar-refractivity contribution in [3.05, 3.63) is 0 Å². The minimum Gasteiger partial charge on any atom is -0.315 e. The van der Waals surface area contributed by atoms with Gasteiger partial charge in [0.05, 0.1) is 0 Å². The van der Waals surface area contributed by atoms with Gasteiger partial charge in [0.2, 0.25) is 0 Å². The topological polar surface area (TPSA) is 15.3 Å². The quantitative estimate of drug-likeness (QED) is 0.640. The van der Waals surface area contributed by atoms with E-state index in [0.29, 0.717) is 0 Å². The fraction of sp³-hybridized carbons (Fsp3) is 1.00. The molecule has 1 heterocycles. The molecule has 1 fully saturated rings. The van der Waals surface area contributed by atoms with E-state index < -0.39 is 0 Å². The number of hydrogen-bond acceptors (Lipinski definition) is 2. The van der Waals surface area contributed by atoms with Crippen LogP contribution in [0.3, 0.4) is 0 Å². The molecule has 1 aliphatic heterocycles. The lowest BCUT2D eigenvalue weighted by Crippen LogP contribution is -2.43. The summed E-state index contributed by atoms with van der Waals surface area (Å²) in [6.45, 7) is 10.7. The third-order valence-electron chi connectivity index (χ3n) is 3.78. The van der Waals surface area contributed by atoms with Crippen molar-refractivity contribution in [1.82, 2.24) is 10.2 Å². The molecule has 0 aromatic carbocycles. The molecule has 1 aliphatic rings. The Morgan fingerprint density at radius 3 is 2.62 bits per heavy atom. The van der Waals surface area contributed by atoms with E-state index in [1.165, 1.54) is 58.2 Å². The molecule has 2 unspecified atom stereocenters. The average Bonchev–Trinajstić information content (AvgIpc) is 2.79. The van der Waals surface area contributed by atoms with Crippen molar-refractivity contribution in [3.63, 3.8) is 0 Å². The van der Waals surface area contributed by atoms with Crippen molar-refractivity contribution < 1.29 is 0 Å². The summed E-state index contributed by atoms with van der Waals surface area (Å²) in [5, 5.41) is 3.49. The molecule has 0 aromatic heterocycles. The van der Waals surface area contributed by atoms with Gasteiger partial charge in [0, 0.05) is 18.6 Å². The molecular formula is C14H30N2. The lowest BCUT2D eigenvalue weighted by atomic mass is 10.1. The van der Waals surface area contributed by atoms with Gasteiger partial charge < -0.3 is 5.32 Å². The zero-order valence-electron chi connectivity index (χ0n) is 11.5. The van der Waals surface area contributed by atoms with E-state index in [1.807, 2.05) is 0 Å². The first kappa shape index (κ1) is 14.0. The summed E-state index contributed by atoms with van der Waals surface area (Å²) in [6.07, 6.45) is 8.15. The maximum Gasteiger partial charge on any atom is 0.0235 e. The van der Waals surface area contributed by atoms with Crippen LogP contribution < -0.4 is 5.32 Å². The molecule has 0 saturated carbocycles. The van der Waals surface area contributed by atoms with Crippen LogP contribution in [0, 0.1) is 0 Å². The Labute approximate surface area is 102 Å². The van der Waals surface area contributed by atoms with Crippen molar-refractivity contribution in [2.24, 2.45) is 0 Å². The van der Waals surface area contributed by atoms with Crippen LogP contribution in [0.1, 0.15) is 59.3 Å². The molecule has 2 nitrogen and oxygen atoms in total. The summed E-state index contributed by atoms with van der Waals surface area (Å²) >= 11 is 0. The van der Waals surface area contributed by atoms with Gasteiger partial charge in [0.1, 0.15) is 0 Å². The van der Waals surface area contributed by atoms with E-state index in [0.717, 1.165) is 12.1 Å². The second-order valence-corrected chi connectivity index (χ2v) is 5.23. The maximum absolute atomic E-state index is 3.49. The third-order valence-corrected chi connectivity index (χ3v) is 3.78.